The first-order valence-corrected chi connectivity index (χ1v) is 13.5. The van der Waals surface area contributed by atoms with E-state index in [1.807, 2.05) is 24.3 Å². The Bertz CT molecular complexity index is 989. The molecule has 2 heterocycles. The van der Waals surface area contributed by atoms with Crippen molar-refractivity contribution in [1.82, 2.24) is 14.7 Å². The lowest BCUT2D eigenvalue weighted by Crippen LogP contribution is -2.46. The Morgan fingerprint density at radius 1 is 0.844 bits per heavy atom. The van der Waals surface area contributed by atoms with Crippen LogP contribution in [0.3, 0.4) is 0 Å². The van der Waals surface area contributed by atoms with Gasteiger partial charge in [0.25, 0.3) is 0 Å². The molecule has 4 rings (SSSR count). The van der Waals surface area contributed by atoms with Gasteiger partial charge in [-0.25, -0.2) is 12.8 Å². The molecule has 32 heavy (non-hydrogen) atoms. The molecule has 2 aliphatic rings. The van der Waals surface area contributed by atoms with Crippen molar-refractivity contribution >= 4 is 9.84 Å². The summed E-state index contributed by atoms with van der Waals surface area (Å²) in [5.74, 6) is -0.179. The number of sulfone groups is 1. The number of hydrogen-bond acceptors (Lipinski definition) is 5. The average molecular weight is 460 g/mol. The lowest BCUT2D eigenvalue weighted by atomic mass is 10.0. The molecule has 0 N–H and O–H groups in total. The van der Waals surface area contributed by atoms with Gasteiger partial charge < -0.3 is 0 Å². The molecule has 2 aromatic carbocycles. The predicted octanol–water partition coefficient (Wildman–Crippen LogP) is 3.40. The molecule has 0 atom stereocenters. The summed E-state index contributed by atoms with van der Waals surface area (Å²) >= 11 is 0. The van der Waals surface area contributed by atoms with Crippen molar-refractivity contribution in [3.8, 4) is 0 Å². The second-order valence-electron chi connectivity index (χ2n) is 9.18. The number of likely N-dealkylation sites (tertiary alicyclic amines) is 1. The highest BCUT2D eigenvalue weighted by molar-refractivity contribution is 7.90. The van der Waals surface area contributed by atoms with Crippen LogP contribution in [0.5, 0.6) is 0 Å². The first-order valence-electron chi connectivity index (χ1n) is 11.6. The molecule has 2 fully saturated rings. The lowest BCUT2D eigenvalue weighted by molar-refractivity contribution is 0.106. The maximum Gasteiger partial charge on any atom is 0.175 e. The Hall–Kier alpha value is -1.80. The third kappa shape index (κ3) is 6.16. The van der Waals surface area contributed by atoms with Gasteiger partial charge in [0.05, 0.1) is 4.90 Å². The fraction of sp³-hybridized carbons (Fsp3) is 0.520. The molecular formula is C25H34FN3O2S. The molecule has 0 aromatic heterocycles. The number of benzene rings is 2. The van der Waals surface area contributed by atoms with Gasteiger partial charge in [-0.3, -0.25) is 14.7 Å². The van der Waals surface area contributed by atoms with Gasteiger partial charge in [0.15, 0.2) is 9.84 Å². The van der Waals surface area contributed by atoms with Gasteiger partial charge in [-0.05, 0) is 74.8 Å². The van der Waals surface area contributed by atoms with Gasteiger partial charge in [-0.1, -0.05) is 30.3 Å². The SMILES string of the molecule is CS(=O)(=O)c1ccccc1CN1CCC(N2CCCN(Cc3ccc(F)cc3)CC2)CC1. The molecule has 2 aliphatic heterocycles. The molecule has 2 saturated heterocycles. The first kappa shape index (κ1) is 23.4. The Labute approximate surface area is 191 Å². The molecule has 174 valence electrons. The average Bonchev–Trinajstić information content (AvgIpc) is 3.01. The summed E-state index contributed by atoms with van der Waals surface area (Å²) in [6, 6.07) is 14.8. The van der Waals surface area contributed by atoms with Crippen molar-refractivity contribution in [3.05, 3.63) is 65.5 Å². The standard InChI is InChI=1S/C25H34FN3O2S/c1-32(30,31)25-6-3-2-5-22(25)20-28-15-11-24(12-16-28)29-14-4-13-27(17-18-29)19-21-7-9-23(26)10-8-21/h2-3,5-10,24H,4,11-20H2,1H3. The van der Waals surface area contributed by atoms with E-state index in [4.69, 9.17) is 0 Å². The van der Waals surface area contributed by atoms with Gasteiger partial charge in [0, 0.05) is 38.5 Å². The quantitative estimate of drug-likeness (QED) is 0.663. The van der Waals surface area contributed by atoms with Crippen LogP contribution in [0.1, 0.15) is 30.4 Å². The Balaban J connectivity index is 1.27. The minimum atomic E-state index is -3.20. The summed E-state index contributed by atoms with van der Waals surface area (Å²) in [6.07, 6.45) is 4.69. The minimum absolute atomic E-state index is 0.179. The summed E-state index contributed by atoms with van der Waals surface area (Å²) in [6.45, 7) is 7.89. The fourth-order valence-electron chi connectivity index (χ4n) is 5.04. The molecule has 0 spiro atoms. The monoisotopic (exact) mass is 459 g/mol. The van der Waals surface area contributed by atoms with E-state index in [1.54, 1.807) is 24.3 Å². The van der Waals surface area contributed by atoms with Crippen LogP contribution in [0.2, 0.25) is 0 Å². The van der Waals surface area contributed by atoms with Crippen LogP contribution < -0.4 is 0 Å². The van der Waals surface area contributed by atoms with E-state index in [2.05, 4.69) is 14.7 Å². The number of rotatable bonds is 6. The van der Waals surface area contributed by atoms with E-state index in [0.717, 1.165) is 70.6 Å². The molecule has 2 aromatic rings. The second kappa shape index (κ2) is 10.4. The van der Waals surface area contributed by atoms with E-state index in [-0.39, 0.29) is 5.82 Å². The first-order chi connectivity index (χ1) is 15.4. The smallest absolute Gasteiger partial charge is 0.175 e. The van der Waals surface area contributed by atoms with Crippen LogP contribution in [-0.2, 0) is 22.9 Å². The second-order valence-corrected chi connectivity index (χ2v) is 11.2. The normalized spacial score (nSPS) is 20.3. The zero-order valence-corrected chi connectivity index (χ0v) is 19.7. The predicted molar refractivity (Wildman–Crippen MR) is 126 cm³/mol. The molecular weight excluding hydrogens is 425 g/mol. The van der Waals surface area contributed by atoms with Gasteiger partial charge in [-0.15, -0.1) is 0 Å². The van der Waals surface area contributed by atoms with Crippen molar-refractivity contribution in [3.63, 3.8) is 0 Å². The zero-order valence-electron chi connectivity index (χ0n) is 18.9. The molecule has 0 bridgehead atoms. The molecule has 5 nitrogen and oxygen atoms in total. The topological polar surface area (TPSA) is 43.9 Å². The van der Waals surface area contributed by atoms with Gasteiger partial charge in [0.1, 0.15) is 5.82 Å². The van der Waals surface area contributed by atoms with E-state index < -0.39 is 9.84 Å². The third-order valence-electron chi connectivity index (χ3n) is 6.78. The molecule has 0 amide bonds. The maximum absolute atomic E-state index is 13.2. The van der Waals surface area contributed by atoms with Gasteiger partial charge >= 0.3 is 0 Å². The Kier molecular flexibility index (Phi) is 7.61. The zero-order chi connectivity index (χ0) is 22.6. The van der Waals surface area contributed by atoms with E-state index in [9.17, 15) is 12.8 Å². The van der Waals surface area contributed by atoms with Crippen molar-refractivity contribution in [2.45, 2.75) is 43.3 Å². The third-order valence-corrected chi connectivity index (χ3v) is 7.98. The number of hydrogen-bond donors (Lipinski definition) is 0. The van der Waals surface area contributed by atoms with Crippen LogP contribution in [0.15, 0.2) is 53.4 Å². The highest BCUT2D eigenvalue weighted by atomic mass is 32.2. The van der Waals surface area contributed by atoms with Crippen LogP contribution in [0, 0.1) is 5.82 Å². The lowest BCUT2D eigenvalue weighted by Gasteiger charge is -2.38. The van der Waals surface area contributed by atoms with Crippen molar-refractivity contribution in [2.24, 2.45) is 0 Å². The molecule has 0 radical (unpaired) electrons. The molecule has 0 unspecified atom stereocenters. The van der Waals surface area contributed by atoms with Crippen LogP contribution in [-0.4, -0.2) is 74.7 Å². The largest absolute Gasteiger partial charge is 0.299 e. The van der Waals surface area contributed by atoms with Crippen LogP contribution >= 0.6 is 0 Å². The van der Waals surface area contributed by atoms with Crippen molar-refractivity contribution in [2.75, 3.05) is 45.5 Å². The molecule has 7 heteroatoms. The summed E-state index contributed by atoms with van der Waals surface area (Å²) in [7, 11) is -3.20. The molecule has 0 saturated carbocycles. The Morgan fingerprint density at radius 3 is 2.25 bits per heavy atom. The van der Waals surface area contributed by atoms with E-state index in [1.165, 1.54) is 11.8 Å². The van der Waals surface area contributed by atoms with E-state index in [0.29, 0.717) is 17.5 Å². The summed E-state index contributed by atoms with van der Waals surface area (Å²) in [5.41, 5.74) is 2.07. The highest BCUT2D eigenvalue weighted by Gasteiger charge is 2.27. The van der Waals surface area contributed by atoms with Crippen LogP contribution in [0.25, 0.3) is 0 Å². The van der Waals surface area contributed by atoms with Crippen molar-refractivity contribution < 1.29 is 12.8 Å². The maximum atomic E-state index is 13.2. The van der Waals surface area contributed by atoms with Crippen LogP contribution in [0.4, 0.5) is 4.39 Å². The van der Waals surface area contributed by atoms with Gasteiger partial charge in [0.2, 0.25) is 0 Å². The molecule has 0 aliphatic carbocycles. The number of nitrogens with zero attached hydrogens (tertiary/aromatic N) is 3. The number of piperidine rings is 1. The minimum Gasteiger partial charge on any atom is -0.299 e. The highest BCUT2D eigenvalue weighted by Crippen LogP contribution is 2.23. The number of halogens is 1. The van der Waals surface area contributed by atoms with E-state index >= 15 is 0 Å². The summed E-state index contributed by atoms with van der Waals surface area (Å²) in [4.78, 5) is 7.96. The Morgan fingerprint density at radius 2 is 1.53 bits per heavy atom. The van der Waals surface area contributed by atoms with Gasteiger partial charge in [-0.2, -0.15) is 0 Å². The summed E-state index contributed by atoms with van der Waals surface area (Å²) in [5, 5.41) is 0. The fourth-order valence-corrected chi connectivity index (χ4v) is 5.98. The van der Waals surface area contributed by atoms with Crippen molar-refractivity contribution in [1.29, 1.82) is 0 Å². The summed E-state index contributed by atoms with van der Waals surface area (Å²) < 4.78 is 37.4.